The zero-order valence-corrected chi connectivity index (χ0v) is 10.9. The highest BCUT2D eigenvalue weighted by molar-refractivity contribution is 6.30. The second-order valence-corrected chi connectivity index (χ2v) is 5.53. The number of nitrogens with zero attached hydrogens (tertiary/aromatic N) is 1. The van der Waals surface area contributed by atoms with Crippen LogP contribution in [0.4, 0.5) is 0 Å². The number of β-amino-alcohol motifs (C(OH)–C–C–N with tert-alkyl or cyclic N) is 1. The maximum absolute atomic E-state index is 10.0. The van der Waals surface area contributed by atoms with Crippen molar-refractivity contribution in [3.63, 3.8) is 0 Å². The molecule has 1 heterocycles. The average Bonchev–Trinajstić information content (AvgIpc) is 2.24. The minimum atomic E-state index is -1.03. The zero-order chi connectivity index (χ0) is 12.6. The van der Waals surface area contributed by atoms with E-state index in [9.17, 15) is 10.2 Å². The lowest BCUT2D eigenvalue weighted by Gasteiger charge is -2.44. The number of benzene rings is 1. The lowest BCUT2D eigenvalue weighted by atomic mass is 9.85. The Labute approximate surface area is 107 Å². The summed E-state index contributed by atoms with van der Waals surface area (Å²) < 4.78 is 0. The topological polar surface area (TPSA) is 43.7 Å². The van der Waals surface area contributed by atoms with Crippen molar-refractivity contribution in [3.8, 4) is 0 Å². The van der Waals surface area contributed by atoms with E-state index >= 15 is 0 Å². The van der Waals surface area contributed by atoms with Crippen LogP contribution in [0.1, 0.15) is 24.9 Å². The van der Waals surface area contributed by atoms with Crippen LogP contribution >= 0.6 is 11.6 Å². The fraction of sp³-hybridized carbons (Fsp3) is 0.538. The van der Waals surface area contributed by atoms with Crippen molar-refractivity contribution in [2.24, 2.45) is 0 Å². The molecule has 17 heavy (non-hydrogen) atoms. The second kappa shape index (κ2) is 4.58. The average molecular weight is 256 g/mol. The van der Waals surface area contributed by atoms with Crippen molar-refractivity contribution < 1.29 is 10.2 Å². The summed E-state index contributed by atoms with van der Waals surface area (Å²) in [5.41, 5.74) is 0.0870. The van der Waals surface area contributed by atoms with Gasteiger partial charge in [0.25, 0.3) is 0 Å². The van der Waals surface area contributed by atoms with Crippen molar-refractivity contribution in [3.05, 3.63) is 34.9 Å². The first-order valence-electron chi connectivity index (χ1n) is 5.76. The molecule has 1 saturated heterocycles. The van der Waals surface area contributed by atoms with Crippen molar-refractivity contribution in [2.75, 3.05) is 13.6 Å². The van der Waals surface area contributed by atoms with Gasteiger partial charge in [-0.15, -0.1) is 0 Å². The fourth-order valence-corrected chi connectivity index (χ4v) is 2.57. The summed E-state index contributed by atoms with van der Waals surface area (Å²) in [6.45, 7) is 2.13. The van der Waals surface area contributed by atoms with E-state index in [-0.39, 0.29) is 6.04 Å². The number of piperidine rings is 1. The second-order valence-electron chi connectivity index (χ2n) is 5.09. The van der Waals surface area contributed by atoms with E-state index < -0.39 is 11.7 Å². The van der Waals surface area contributed by atoms with Gasteiger partial charge in [0.2, 0.25) is 0 Å². The molecule has 94 valence electrons. The molecule has 0 spiro atoms. The molecule has 0 radical (unpaired) electrons. The van der Waals surface area contributed by atoms with Gasteiger partial charge in [-0.1, -0.05) is 23.7 Å². The predicted octanol–water partition coefficient (Wildman–Crippen LogP) is 1.83. The summed E-state index contributed by atoms with van der Waals surface area (Å²) in [4.78, 5) is 2.07. The minimum Gasteiger partial charge on any atom is -0.390 e. The zero-order valence-electron chi connectivity index (χ0n) is 10.1. The van der Waals surface area contributed by atoms with Crippen LogP contribution < -0.4 is 0 Å². The number of rotatable bonds is 1. The van der Waals surface area contributed by atoms with Gasteiger partial charge in [-0.2, -0.15) is 0 Å². The Balaban J connectivity index is 2.20. The van der Waals surface area contributed by atoms with Crippen LogP contribution in [0.25, 0.3) is 0 Å². The standard InChI is InChI=1S/C13H18ClNO2/c1-13(17)8-15(2)11(7-12(13)16)9-3-5-10(14)6-4-9/h3-6,11-12,16-17H,7-8H2,1-2H3/t11-,12-,13-/m0/s1. The van der Waals surface area contributed by atoms with Crippen molar-refractivity contribution in [1.82, 2.24) is 4.90 Å². The largest absolute Gasteiger partial charge is 0.390 e. The number of hydrogen-bond acceptors (Lipinski definition) is 3. The Bertz CT molecular complexity index is 391. The molecule has 2 N–H and O–H groups in total. The van der Waals surface area contributed by atoms with E-state index in [2.05, 4.69) is 4.90 Å². The Hall–Kier alpha value is -0.610. The number of likely N-dealkylation sites (tertiary alicyclic amines) is 1. The van der Waals surface area contributed by atoms with E-state index in [1.807, 2.05) is 31.3 Å². The number of aliphatic hydroxyl groups is 2. The highest BCUT2D eigenvalue weighted by atomic mass is 35.5. The molecular formula is C13H18ClNO2. The van der Waals surface area contributed by atoms with Crippen LogP contribution in [0.15, 0.2) is 24.3 Å². The number of hydrogen-bond donors (Lipinski definition) is 2. The molecular weight excluding hydrogens is 238 g/mol. The van der Waals surface area contributed by atoms with Crippen molar-refractivity contribution >= 4 is 11.6 Å². The van der Waals surface area contributed by atoms with Crippen LogP contribution in [0.3, 0.4) is 0 Å². The van der Waals surface area contributed by atoms with Crippen LogP contribution in [-0.4, -0.2) is 40.4 Å². The Kier molecular flexibility index (Phi) is 3.46. The van der Waals surface area contributed by atoms with Crippen molar-refractivity contribution in [2.45, 2.75) is 31.1 Å². The van der Waals surface area contributed by atoms with E-state index in [1.54, 1.807) is 6.92 Å². The number of aliphatic hydroxyl groups excluding tert-OH is 1. The smallest absolute Gasteiger partial charge is 0.100 e. The van der Waals surface area contributed by atoms with Crippen molar-refractivity contribution in [1.29, 1.82) is 0 Å². The molecule has 1 fully saturated rings. The molecule has 3 atom stereocenters. The summed E-state index contributed by atoms with van der Waals surface area (Å²) >= 11 is 5.86. The molecule has 0 saturated carbocycles. The van der Waals surface area contributed by atoms with Gasteiger partial charge in [0.05, 0.1) is 6.10 Å². The van der Waals surface area contributed by atoms with E-state index in [4.69, 9.17) is 11.6 Å². The molecule has 0 aliphatic carbocycles. The number of halogens is 1. The first kappa shape index (κ1) is 12.8. The lowest BCUT2D eigenvalue weighted by molar-refractivity contribution is -0.121. The minimum absolute atomic E-state index is 0.127. The molecule has 1 aromatic rings. The van der Waals surface area contributed by atoms with Crippen LogP contribution in [0.2, 0.25) is 5.02 Å². The van der Waals surface area contributed by atoms with Gasteiger partial charge in [0, 0.05) is 17.6 Å². The van der Waals surface area contributed by atoms with Gasteiger partial charge in [0.1, 0.15) is 5.60 Å². The highest BCUT2D eigenvalue weighted by Gasteiger charge is 2.40. The fourth-order valence-electron chi connectivity index (χ4n) is 2.44. The maximum Gasteiger partial charge on any atom is 0.100 e. The summed E-state index contributed by atoms with van der Waals surface area (Å²) in [6, 6.07) is 7.77. The predicted molar refractivity (Wildman–Crippen MR) is 68.1 cm³/mol. The molecule has 4 heteroatoms. The third-order valence-corrected chi connectivity index (χ3v) is 3.77. The van der Waals surface area contributed by atoms with E-state index in [1.165, 1.54) is 0 Å². The van der Waals surface area contributed by atoms with E-state index in [0.29, 0.717) is 18.0 Å². The molecule has 1 aliphatic rings. The van der Waals surface area contributed by atoms with Gasteiger partial charge in [-0.25, -0.2) is 0 Å². The van der Waals surface area contributed by atoms with Gasteiger partial charge in [0.15, 0.2) is 0 Å². The van der Waals surface area contributed by atoms with Gasteiger partial charge in [-0.05, 0) is 38.1 Å². The first-order valence-corrected chi connectivity index (χ1v) is 6.14. The normalized spacial score (nSPS) is 34.9. The molecule has 0 bridgehead atoms. The molecule has 0 aromatic heterocycles. The van der Waals surface area contributed by atoms with Crippen LogP contribution in [0.5, 0.6) is 0 Å². The van der Waals surface area contributed by atoms with Crippen LogP contribution in [-0.2, 0) is 0 Å². The van der Waals surface area contributed by atoms with Gasteiger partial charge >= 0.3 is 0 Å². The summed E-state index contributed by atoms with van der Waals surface area (Å²) in [5.74, 6) is 0. The molecule has 0 amide bonds. The van der Waals surface area contributed by atoms with E-state index in [0.717, 1.165) is 5.56 Å². The molecule has 0 unspecified atom stereocenters. The third-order valence-electron chi connectivity index (χ3n) is 3.52. The third kappa shape index (κ3) is 2.63. The molecule has 1 aliphatic heterocycles. The lowest BCUT2D eigenvalue weighted by Crippen LogP contribution is -2.54. The van der Waals surface area contributed by atoms with Gasteiger partial charge < -0.3 is 10.2 Å². The Morgan fingerprint density at radius 1 is 1.35 bits per heavy atom. The Morgan fingerprint density at radius 3 is 2.53 bits per heavy atom. The highest BCUT2D eigenvalue weighted by Crippen LogP contribution is 2.34. The summed E-state index contributed by atoms with van der Waals surface area (Å²) in [6.07, 6.45) is -0.162. The summed E-state index contributed by atoms with van der Waals surface area (Å²) in [7, 11) is 1.96. The first-order chi connectivity index (χ1) is 7.90. The monoisotopic (exact) mass is 255 g/mol. The SMILES string of the molecule is CN1C[C@](C)(O)[C@@H](O)C[C@H]1c1ccc(Cl)cc1. The maximum atomic E-state index is 10.0. The molecule has 2 rings (SSSR count). The summed E-state index contributed by atoms with van der Waals surface area (Å²) in [5, 5.41) is 20.7. The Morgan fingerprint density at radius 2 is 1.94 bits per heavy atom. The van der Waals surface area contributed by atoms with Gasteiger partial charge in [-0.3, -0.25) is 4.90 Å². The quantitative estimate of drug-likeness (QED) is 0.805. The number of likely N-dealkylation sites (N-methyl/N-ethyl adjacent to an activating group) is 1. The van der Waals surface area contributed by atoms with Crippen LogP contribution in [0, 0.1) is 0 Å². The molecule has 3 nitrogen and oxygen atoms in total. The molecule has 1 aromatic carbocycles.